The first kappa shape index (κ1) is 27.7. The Morgan fingerprint density at radius 1 is 0.879 bits per heavy atom. The number of unbranched alkanes of at least 4 members (excludes halogenated alkanes) is 1. The molecule has 0 fully saturated rings. The summed E-state index contributed by atoms with van der Waals surface area (Å²) in [5.41, 5.74) is 0.577. The lowest BCUT2D eigenvalue weighted by atomic mass is 10.0. The highest BCUT2D eigenvalue weighted by Gasteiger charge is 2.21. The second-order valence-electron chi connectivity index (χ2n) is 9.51. The van der Waals surface area contributed by atoms with Gasteiger partial charge in [-0.25, -0.2) is 13.1 Å². The molecule has 0 atom stereocenters. The highest BCUT2D eigenvalue weighted by Crippen LogP contribution is 2.32. The molecule has 1 N–H and O–H groups in total. The molecule has 0 spiro atoms. The van der Waals surface area contributed by atoms with Gasteiger partial charge in [-0.2, -0.15) is 0 Å². The monoisotopic (exact) mass is 539 g/mol. The second-order valence-corrected chi connectivity index (χ2v) is 12.2. The Morgan fingerprint density at radius 3 is 2.09 bits per heavy atom. The van der Waals surface area contributed by atoms with Crippen LogP contribution in [0.5, 0.6) is 11.5 Å². The Balaban J connectivity index is 2.01. The van der Waals surface area contributed by atoms with Crippen molar-refractivity contribution in [1.82, 2.24) is 4.72 Å². The maximum Gasteiger partial charge on any atom is 0.240 e. The van der Waals surface area contributed by atoms with Gasteiger partial charge in [0.2, 0.25) is 10.0 Å². The predicted octanol–water partition coefficient (Wildman–Crippen LogP) is 6.89. The van der Waals surface area contributed by atoms with Gasteiger partial charge < -0.3 is 9.47 Å². The number of benzene rings is 2. The topological polar surface area (TPSA) is 64.6 Å². The molecule has 2 aromatic rings. The number of sulfonamides is 1. The Labute approximate surface area is 208 Å². The number of hydrogen-bond donors (Lipinski definition) is 1. The molecule has 5 nitrogen and oxygen atoms in total. The van der Waals surface area contributed by atoms with Crippen molar-refractivity contribution in [1.29, 1.82) is 0 Å². The van der Waals surface area contributed by atoms with Crippen LogP contribution in [-0.4, -0.2) is 26.2 Å². The number of ether oxygens (including phenoxy) is 2. The SMILES string of the molecule is CCC(C)(C)Oc1ccc(CCCCNS(=O)(=O)c2ccc(Br)cc2)c(OC(C)(C)CC)c1. The van der Waals surface area contributed by atoms with Crippen molar-refractivity contribution in [2.75, 3.05) is 6.54 Å². The van der Waals surface area contributed by atoms with E-state index in [-0.39, 0.29) is 16.1 Å². The minimum Gasteiger partial charge on any atom is -0.488 e. The summed E-state index contributed by atoms with van der Waals surface area (Å²) >= 11 is 3.32. The third-order valence-electron chi connectivity index (χ3n) is 5.81. The van der Waals surface area contributed by atoms with Crippen LogP contribution in [0.2, 0.25) is 0 Å². The molecule has 0 unspecified atom stereocenters. The molecule has 2 aromatic carbocycles. The molecule has 0 saturated heterocycles. The van der Waals surface area contributed by atoms with Crippen LogP contribution in [-0.2, 0) is 16.4 Å². The van der Waals surface area contributed by atoms with Gasteiger partial charge in [0.15, 0.2) is 0 Å². The Bertz CT molecular complexity index is 1000. The van der Waals surface area contributed by atoms with E-state index in [0.29, 0.717) is 6.54 Å². The summed E-state index contributed by atoms with van der Waals surface area (Å²) in [6.07, 6.45) is 4.16. The number of aryl methyl sites for hydroxylation is 1. The van der Waals surface area contributed by atoms with E-state index in [1.54, 1.807) is 24.3 Å². The van der Waals surface area contributed by atoms with E-state index in [2.05, 4.69) is 68.3 Å². The number of halogens is 1. The summed E-state index contributed by atoms with van der Waals surface area (Å²) in [6.45, 7) is 12.9. The van der Waals surface area contributed by atoms with Crippen LogP contribution < -0.4 is 14.2 Å². The minimum atomic E-state index is -3.50. The molecule has 7 heteroatoms. The van der Waals surface area contributed by atoms with Gasteiger partial charge in [-0.15, -0.1) is 0 Å². The van der Waals surface area contributed by atoms with Gasteiger partial charge in [-0.1, -0.05) is 35.8 Å². The molecule has 0 aromatic heterocycles. The third kappa shape index (κ3) is 8.95. The molecule has 0 heterocycles. The molecule has 0 aliphatic carbocycles. The smallest absolute Gasteiger partial charge is 0.240 e. The van der Waals surface area contributed by atoms with Crippen LogP contribution in [0.15, 0.2) is 51.8 Å². The maximum absolute atomic E-state index is 12.4. The molecule has 2 rings (SSSR count). The zero-order valence-electron chi connectivity index (χ0n) is 20.7. The van der Waals surface area contributed by atoms with Crippen LogP contribution in [0.3, 0.4) is 0 Å². The van der Waals surface area contributed by atoms with Crippen LogP contribution in [0.4, 0.5) is 0 Å². The van der Waals surface area contributed by atoms with E-state index in [1.807, 2.05) is 12.1 Å². The summed E-state index contributed by atoms with van der Waals surface area (Å²) in [5.74, 6) is 1.64. The van der Waals surface area contributed by atoms with Gasteiger partial charge >= 0.3 is 0 Å². The Morgan fingerprint density at radius 2 is 1.48 bits per heavy atom. The Kier molecular flexibility index (Phi) is 9.82. The average molecular weight is 541 g/mol. The summed E-state index contributed by atoms with van der Waals surface area (Å²) < 4.78 is 40.9. The fourth-order valence-corrected chi connectivity index (χ4v) is 4.34. The van der Waals surface area contributed by atoms with Gasteiger partial charge in [0.25, 0.3) is 0 Å². The first-order chi connectivity index (χ1) is 15.4. The number of nitrogens with one attached hydrogen (secondary N) is 1. The van der Waals surface area contributed by atoms with E-state index in [0.717, 1.165) is 53.6 Å². The maximum atomic E-state index is 12.4. The van der Waals surface area contributed by atoms with Crippen molar-refractivity contribution < 1.29 is 17.9 Å². The summed E-state index contributed by atoms with van der Waals surface area (Å²) in [5, 5.41) is 0. The largest absolute Gasteiger partial charge is 0.488 e. The zero-order chi connectivity index (χ0) is 24.7. The van der Waals surface area contributed by atoms with Crippen LogP contribution in [0, 0.1) is 0 Å². The van der Waals surface area contributed by atoms with Gasteiger partial charge in [0, 0.05) is 17.1 Å². The van der Waals surface area contributed by atoms with Crippen LogP contribution in [0.25, 0.3) is 0 Å². The van der Waals surface area contributed by atoms with Crippen LogP contribution >= 0.6 is 15.9 Å². The fourth-order valence-electron chi connectivity index (χ4n) is 3.01. The van der Waals surface area contributed by atoms with E-state index in [1.165, 1.54) is 0 Å². The van der Waals surface area contributed by atoms with Gasteiger partial charge in [0.1, 0.15) is 22.7 Å². The van der Waals surface area contributed by atoms with E-state index in [4.69, 9.17) is 9.47 Å². The molecule has 0 amide bonds. The van der Waals surface area contributed by atoms with Crippen molar-refractivity contribution in [2.45, 2.75) is 89.7 Å². The van der Waals surface area contributed by atoms with Gasteiger partial charge in [-0.3, -0.25) is 0 Å². The summed E-state index contributed by atoms with van der Waals surface area (Å²) in [6, 6.07) is 12.7. The van der Waals surface area contributed by atoms with E-state index in [9.17, 15) is 8.42 Å². The molecule has 33 heavy (non-hydrogen) atoms. The lowest BCUT2D eigenvalue weighted by Gasteiger charge is -2.29. The fraction of sp³-hybridized carbons (Fsp3) is 0.538. The second kappa shape index (κ2) is 11.7. The quantitative estimate of drug-likeness (QED) is 0.281. The molecule has 0 saturated carbocycles. The zero-order valence-corrected chi connectivity index (χ0v) is 23.1. The van der Waals surface area contributed by atoms with Crippen molar-refractivity contribution in [3.8, 4) is 11.5 Å². The average Bonchev–Trinajstić information content (AvgIpc) is 2.74. The molecular formula is C26H38BrNO4S. The van der Waals surface area contributed by atoms with Gasteiger partial charge in [0.05, 0.1) is 4.90 Å². The van der Waals surface area contributed by atoms with Gasteiger partial charge in [-0.05, 0) is 95.7 Å². The highest BCUT2D eigenvalue weighted by molar-refractivity contribution is 9.10. The molecule has 0 radical (unpaired) electrons. The molecule has 0 aliphatic heterocycles. The van der Waals surface area contributed by atoms with Crippen molar-refractivity contribution >= 4 is 26.0 Å². The predicted molar refractivity (Wildman–Crippen MR) is 139 cm³/mol. The van der Waals surface area contributed by atoms with E-state index < -0.39 is 10.0 Å². The summed E-state index contributed by atoms with van der Waals surface area (Å²) in [4.78, 5) is 0.272. The summed E-state index contributed by atoms with van der Waals surface area (Å²) in [7, 11) is -3.50. The molecule has 184 valence electrons. The van der Waals surface area contributed by atoms with Crippen molar-refractivity contribution in [3.63, 3.8) is 0 Å². The van der Waals surface area contributed by atoms with Crippen molar-refractivity contribution in [3.05, 3.63) is 52.5 Å². The van der Waals surface area contributed by atoms with Crippen LogP contribution in [0.1, 0.15) is 72.8 Å². The molecule has 0 bridgehead atoms. The highest BCUT2D eigenvalue weighted by atomic mass is 79.9. The van der Waals surface area contributed by atoms with E-state index >= 15 is 0 Å². The Hall–Kier alpha value is -1.57. The minimum absolute atomic E-state index is 0.245. The number of hydrogen-bond acceptors (Lipinski definition) is 4. The lowest BCUT2D eigenvalue weighted by Crippen LogP contribution is -2.28. The normalized spacial score (nSPS) is 12.6. The first-order valence-corrected chi connectivity index (χ1v) is 13.9. The first-order valence-electron chi connectivity index (χ1n) is 11.6. The standard InChI is InChI=1S/C26H38BrNO4S/c1-7-25(3,4)31-22-15-12-20(24(19-22)32-26(5,6)8-2)11-9-10-18-28-33(29,30)23-16-13-21(27)14-17-23/h12-17,19,28H,7-11,18H2,1-6H3. The third-order valence-corrected chi connectivity index (χ3v) is 7.82. The van der Waals surface area contributed by atoms with Crippen molar-refractivity contribution in [2.24, 2.45) is 0 Å². The molecule has 0 aliphatic rings. The molecular weight excluding hydrogens is 502 g/mol. The lowest BCUT2D eigenvalue weighted by molar-refractivity contribution is 0.0952. The number of rotatable bonds is 13.